The van der Waals surface area contributed by atoms with E-state index in [9.17, 15) is 4.79 Å². The number of aryl methyl sites for hydroxylation is 2. The number of likely N-dealkylation sites (tertiary alicyclic amines) is 1. The SMILES string of the molecule is COc1ccc([C@@H]2CCCN2CC(=O)Nc2cc(C)nn2C)cc1. The molecule has 0 aliphatic carbocycles. The molecule has 1 amide bonds. The minimum absolute atomic E-state index is 0.00147. The largest absolute Gasteiger partial charge is 0.497 e. The summed E-state index contributed by atoms with van der Waals surface area (Å²) in [7, 11) is 3.50. The molecule has 2 heterocycles. The summed E-state index contributed by atoms with van der Waals surface area (Å²) < 4.78 is 6.91. The summed E-state index contributed by atoms with van der Waals surface area (Å²) in [5.41, 5.74) is 2.13. The number of carbonyl (C=O) groups excluding carboxylic acids is 1. The molecule has 1 saturated heterocycles. The molecule has 0 saturated carbocycles. The summed E-state index contributed by atoms with van der Waals surface area (Å²) in [6, 6.07) is 10.3. The van der Waals surface area contributed by atoms with Gasteiger partial charge in [-0.25, -0.2) is 0 Å². The summed E-state index contributed by atoms with van der Waals surface area (Å²) in [6.07, 6.45) is 2.18. The molecule has 1 aliphatic rings. The number of benzene rings is 1. The van der Waals surface area contributed by atoms with Crippen LogP contribution in [0.4, 0.5) is 5.82 Å². The maximum absolute atomic E-state index is 12.4. The zero-order valence-electron chi connectivity index (χ0n) is 14.5. The third-order valence-electron chi connectivity index (χ3n) is 4.48. The first-order valence-electron chi connectivity index (χ1n) is 8.25. The molecule has 2 aromatic rings. The van der Waals surface area contributed by atoms with E-state index < -0.39 is 0 Å². The Hall–Kier alpha value is -2.34. The van der Waals surface area contributed by atoms with Gasteiger partial charge in [0.15, 0.2) is 0 Å². The molecule has 1 aromatic carbocycles. The van der Waals surface area contributed by atoms with Crippen molar-refractivity contribution in [3.8, 4) is 5.75 Å². The molecule has 0 bridgehead atoms. The summed E-state index contributed by atoms with van der Waals surface area (Å²) in [6.45, 7) is 3.24. The lowest BCUT2D eigenvalue weighted by atomic mass is 10.0. The van der Waals surface area contributed by atoms with Gasteiger partial charge in [-0.15, -0.1) is 0 Å². The first-order chi connectivity index (χ1) is 11.6. The summed E-state index contributed by atoms with van der Waals surface area (Å²) in [5.74, 6) is 1.59. The van der Waals surface area contributed by atoms with E-state index in [1.165, 1.54) is 5.56 Å². The van der Waals surface area contributed by atoms with Gasteiger partial charge in [-0.1, -0.05) is 12.1 Å². The lowest BCUT2D eigenvalue weighted by Crippen LogP contribution is -2.33. The second kappa shape index (κ2) is 7.05. The molecule has 6 heteroatoms. The summed E-state index contributed by atoms with van der Waals surface area (Å²) >= 11 is 0. The van der Waals surface area contributed by atoms with Gasteiger partial charge in [0.05, 0.1) is 19.3 Å². The number of nitrogens with zero attached hydrogens (tertiary/aromatic N) is 3. The van der Waals surface area contributed by atoms with Crippen molar-refractivity contribution in [1.29, 1.82) is 0 Å². The van der Waals surface area contributed by atoms with Gasteiger partial charge in [-0.2, -0.15) is 5.10 Å². The lowest BCUT2D eigenvalue weighted by Gasteiger charge is -2.24. The van der Waals surface area contributed by atoms with Gasteiger partial charge in [0.25, 0.3) is 0 Å². The predicted molar refractivity (Wildman–Crippen MR) is 93.1 cm³/mol. The van der Waals surface area contributed by atoms with Crippen molar-refractivity contribution in [3.63, 3.8) is 0 Å². The van der Waals surface area contributed by atoms with Crippen LogP contribution in [-0.2, 0) is 11.8 Å². The van der Waals surface area contributed by atoms with Gasteiger partial charge in [-0.05, 0) is 44.0 Å². The van der Waals surface area contributed by atoms with E-state index in [1.54, 1.807) is 11.8 Å². The van der Waals surface area contributed by atoms with Gasteiger partial charge in [0, 0.05) is 19.2 Å². The molecule has 6 nitrogen and oxygen atoms in total. The second-order valence-corrected chi connectivity index (χ2v) is 6.24. The molecule has 24 heavy (non-hydrogen) atoms. The van der Waals surface area contributed by atoms with E-state index in [1.807, 2.05) is 32.2 Å². The Balaban J connectivity index is 1.64. The van der Waals surface area contributed by atoms with Crippen LogP contribution in [-0.4, -0.2) is 40.8 Å². The third kappa shape index (κ3) is 3.59. The fraction of sp³-hybridized carbons (Fsp3) is 0.444. The predicted octanol–water partition coefficient (Wildman–Crippen LogP) is 2.51. The van der Waals surface area contributed by atoms with Crippen molar-refractivity contribution < 1.29 is 9.53 Å². The minimum Gasteiger partial charge on any atom is -0.497 e. The monoisotopic (exact) mass is 328 g/mol. The van der Waals surface area contributed by atoms with Crippen molar-refractivity contribution >= 4 is 11.7 Å². The van der Waals surface area contributed by atoms with Crippen molar-refractivity contribution in [2.45, 2.75) is 25.8 Å². The number of ether oxygens (including phenoxy) is 1. The van der Waals surface area contributed by atoms with Crippen LogP contribution in [0, 0.1) is 6.92 Å². The first kappa shape index (κ1) is 16.5. The fourth-order valence-corrected chi connectivity index (χ4v) is 3.31. The van der Waals surface area contributed by atoms with Crippen molar-refractivity contribution in [2.24, 2.45) is 7.05 Å². The number of amides is 1. The van der Waals surface area contributed by atoms with Gasteiger partial charge in [0.1, 0.15) is 11.6 Å². The molecule has 3 rings (SSSR count). The topological polar surface area (TPSA) is 59.4 Å². The number of carbonyl (C=O) groups is 1. The zero-order chi connectivity index (χ0) is 17.1. The van der Waals surface area contributed by atoms with Crippen LogP contribution in [0.15, 0.2) is 30.3 Å². The van der Waals surface area contributed by atoms with Crippen molar-refractivity contribution in [3.05, 3.63) is 41.6 Å². The van der Waals surface area contributed by atoms with E-state index >= 15 is 0 Å². The number of aromatic nitrogens is 2. The highest BCUT2D eigenvalue weighted by atomic mass is 16.5. The Kier molecular flexibility index (Phi) is 4.85. The zero-order valence-corrected chi connectivity index (χ0v) is 14.5. The number of nitrogens with one attached hydrogen (secondary N) is 1. The van der Waals surface area contributed by atoms with E-state index in [2.05, 4.69) is 27.4 Å². The number of methoxy groups -OCH3 is 1. The fourth-order valence-electron chi connectivity index (χ4n) is 3.31. The number of rotatable bonds is 5. The maximum Gasteiger partial charge on any atom is 0.239 e. The average molecular weight is 328 g/mol. The van der Waals surface area contributed by atoms with Gasteiger partial charge >= 0.3 is 0 Å². The van der Waals surface area contributed by atoms with Crippen molar-refractivity contribution in [1.82, 2.24) is 14.7 Å². The molecular weight excluding hydrogens is 304 g/mol. The van der Waals surface area contributed by atoms with Gasteiger partial charge < -0.3 is 10.1 Å². The highest BCUT2D eigenvalue weighted by Crippen LogP contribution is 2.32. The van der Waals surface area contributed by atoms with Crippen LogP contribution >= 0.6 is 0 Å². The first-order valence-corrected chi connectivity index (χ1v) is 8.25. The highest BCUT2D eigenvalue weighted by Gasteiger charge is 2.27. The number of hydrogen-bond acceptors (Lipinski definition) is 4. The molecule has 1 atom stereocenters. The van der Waals surface area contributed by atoms with E-state index in [-0.39, 0.29) is 11.9 Å². The summed E-state index contributed by atoms with van der Waals surface area (Å²) in [4.78, 5) is 14.6. The molecule has 1 aliphatic heterocycles. The molecular formula is C18H24N4O2. The van der Waals surface area contributed by atoms with E-state index in [4.69, 9.17) is 4.74 Å². The van der Waals surface area contributed by atoms with Crippen LogP contribution < -0.4 is 10.1 Å². The second-order valence-electron chi connectivity index (χ2n) is 6.24. The lowest BCUT2D eigenvalue weighted by molar-refractivity contribution is -0.117. The average Bonchev–Trinajstić information content (AvgIpc) is 3.14. The maximum atomic E-state index is 12.4. The molecule has 1 N–H and O–H groups in total. The smallest absolute Gasteiger partial charge is 0.239 e. The highest BCUT2D eigenvalue weighted by molar-refractivity contribution is 5.91. The standard InChI is InChI=1S/C18H24N4O2/c1-13-11-17(21(2)20-13)19-18(23)12-22-10-4-5-16(22)14-6-8-15(24-3)9-7-14/h6-9,11,16H,4-5,10,12H2,1-3H3,(H,19,23)/t16-/m0/s1. The van der Waals surface area contributed by atoms with Crippen LogP contribution in [0.5, 0.6) is 5.75 Å². The minimum atomic E-state index is -0.00147. The third-order valence-corrected chi connectivity index (χ3v) is 4.48. The van der Waals surface area contributed by atoms with Crippen LogP contribution in [0.3, 0.4) is 0 Å². The Morgan fingerprint density at radius 1 is 1.38 bits per heavy atom. The van der Waals surface area contributed by atoms with Crippen LogP contribution in [0.2, 0.25) is 0 Å². The van der Waals surface area contributed by atoms with E-state index in [0.717, 1.165) is 36.6 Å². The van der Waals surface area contributed by atoms with Crippen molar-refractivity contribution in [2.75, 3.05) is 25.5 Å². The molecule has 0 unspecified atom stereocenters. The Morgan fingerprint density at radius 2 is 2.12 bits per heavy atom. The molecule has 0 spiro atoms. The Bertz CT molecular complexity index is 708. The quantitative estimate of drug-likeness (QED) is 0.916. The molecule has 0 radical (unpaired) electrons. The normalized spacial score (nSPS) is 17.9. The number of anilines is 1. The molecule has 1 aromatic heterocycles. The van der Waals surface area contributed by atoms with Gasteiger partial charge in [0.2, 0.25) is 5.91 Å². The molecule has 128 valence electrons. The molecule has 1 fully saturated rings. The van der Waals surface area contributed by atoms with Crippen LogP contribution in [0.25, 0.3) is 0 Å². The van der Waals surface area contributed by atoms with Gasteiger partial charge in [-0.3, -0.25) is 14.4 Å². The Labute approximate surface area is 142 Å². The summed E-state index contributed by atoms with van der Waals surface area (Å²) in [5, 5.41) is 7.20. The van der Waals surface area contributed by atoms with E-state index in [0.29, 0.717) is 6.54 Å². The number of hydrogen-bond donors (Lipinski definition) is 1. The van der Waals surface area contributed by atoms with Crippen LogP contribution in [0.1, 0.15) is 30.1 Å². The Morgan fingerprint density at radius 3 is 2.75 bits per heavy atom.